The fourth-order valence-corrected chi connectivity index (χ4v) is 2.39. The maximum Gasteiger partial charge on any atom is 0.171 e. The molecule has 1 saturated heterocycles. The Morgan fingerprint density at radius 2 is 1.82 bits per heavy atom. The Morgan fingerprint density at radius 3 is 2.47 bits per heavy atom. The Kier molecular flexibility index (Phi) is 2.84. The molecule has 0 bridgehead atoms. The lowest BCUT2D eigenvalue weighted by molar-refractivity contribution is 0.247. The van der Waals surface area contributed by atoms with E-state index in [1.54, 1.807) is 12.4 Å². The number of rotatable bonds is 3. The van der Waals surface area contributed by atoms with Crippen LogP contribution in [0.25, 0.3) is 0 Å². The van der Waals surface area contributed by atoms with Gasteiger partial charge in [0, 0.05) is 45.1 Å². The van der Waals surface area contributed by atoms with Gasteiger partial charge < -0.3 is 10.6 Å². The molecule has 1 saturated carbocycles. The summed E-state index contributed by atoms with van der Waals surface area (Å²) in [5.74, 6) is 2.37. The molecule has 5 nitrogen and oxygen atoms in total. The van der Waals surface area contributed by atoms with Crippen molar-refractivity contribution in [1.82, 2.24) is 14.9 Å². The van der Waals surface area contributed by atoms with Crippen molar-refractivity contribution in [2.45, 2.75) is 12.8 Å². The summed E-state index contributed by atoms with van der Waals surface area (Å²) in [6.45, 7) is 5.54. The van der Waals surface area contributed by atoms with Gasteiger partial charge in [-0.1, -0.05) is 0 Å². The van der Waals surface area contributed by atoms with Gasteiger partial charge in [-0.3, -0.25) is 4.90 Å². The zero-order valence-corrected chi connectivity index (χ0v) is 10.0. The molecule has 0 radical (unpaired) electrons. The van der Waals surface area contributed by atoms with Gasteiger partial charge in [0.15, 0.2) is 11.6 Å². The number of aromatic nitrogens is 2. The number of nitrogens with two attached hydrogens (primary N) is 1. The van der Waals surface area contributed by atoms with Crippen molar-refractivity contribution in [3.8, 4) is 0 Å². The normalized spacial score (nSPS) is 21.8. The van der Waals surface area contributed by atoms with Crippen molar-refractivity contribution in [3.63, 3.8) is 0 Å². The van der Waals surface area contributed by atoms with E-state index in [0.717, 1.165) is 37.9 Å². The molecule has 2 N–H and O–H groups in total. The highest BCUT2D eigenvalue weighted by atomic mass is 15.3. The van der Waals surface area contributed by atoms with Gasteiger partial charge in [-0.15, -0.1) is 0 Å². The molecule has 17 heavy (non-hydrogen) atoms. The second-order valence-electron chi connectivity index (χ2n) is 5.00. The molecule has 1 aliphatic carbocycles. The van der Waals surface area contributed by atoms with Crippen molar-refractivity contribution in [2.24, 2.45) is 5.92 Å². The van der Waals surface area contributed by atoms with E-state index >= 15 is 0 Å². The van der Waals surface area contributed by atoms with Gasteiger partial charge in [0.25, 0.3) is 0 Å². The van der Waals surface area contributed by atoms with Crippen LogP contribution < -0.4 is 10.6 Å². The van der Waals surface area contributed by atoms with Crippen molar-refractivity contribution in [3.05, 3.63) is 12.4 Å². The van der Waals surface area contributed by atoms with Gasteiger partial charge in [-0.2, -0.15) is 0 Å². The highest BCUT2D eigenvalue weighted by molar-refractivity contribution is 5.57. The minimum Gasteiger partial charge on any atom is -0.381 e. The van der Waals surface area contributed by atoms with Crippen LogP contribution in [0.4, 0.5) is 11.6 Å². The Morgan fingerprint density at radius 1 is 1.12 bits per heavy atom. The molecule has 2 heterocycles. The first-order valence-corrected chi connectivity index (χ1v) is 6.37. The van der Waals surface area contributed by atoms with E-state index in [9.17, 15) is 0 Å². The highest BCUT2D eigenvalue weighted by Crippen LogP contribution is 2.30. The second kappa shape index (κ2) is 4.49. The number of nitrogens with zero attached hydrogens (tertiary/aromatic N) is 4. The quantitative estimate of drug-likeness (QED) is 0.828. The van der Waals surface area contributed by atoms with Crippen LogP contribution in [0.1, 0.15) is 12.8 Å². The summed E-state index contributed by atoms with van der Waals surface area (Å²) >= 11 is 0. The number of nitrogen functional groups attached to an aromatic ring is 1. The predicted octanol–water partition coefficient (Wildman–Crippen LogP) is 0.591. The molecule has 3 rings (SSSR count). The summed E-state index contributed by atoms with van der Waals surface area (Å²) in [7, 11) is 0. The van der Waals surface area contributed by atoms with Gasteiger partial charge in [-0.25, -0.2) is 9.97 Å². The summed E-state index contributed by atoms with van der Waals surface area (Å²) in [4.78, 5) is 13.2. The van der Waals surface area contributed by atoms with E-state index in [4.69, 9.17) is 5.73 Å². The minimum atomic E-state index is 0.545. The maximum atomic E-state index is 5.85. The average molecular weight is 233 g/mol. The van der Waals surface area contributed by atoms with Crippen LogP contribution in [0.2, 0.25) is 0 Å². The number of hydrogen-bond donors (Lipinski definition) is 1. The minimum absolute atomic E-state index is 0.545. The topological polar surface area (TPSA) is 58.3 Å². The first-order valence-electron chi connectivity index (χ1n) is 6.37. The van der Waals surface area contributed by atoms with Crippen LogP contribution >= 0.6 is 0 Å². The van der Waals surface area contributed by atoms with Crippen molar-refractivity contribution in [2.75, 3.05) is 43.4 Å². The number of piperazine rings is 1. The van der Waals surface area contributed by atoms with E-state index < -0.39 is 0 Å². The largest absolute Gasteiger partial charge is 0.381 e. The molecule has 0 atom stereocenters. The molecule has 0 amide bonds. The van der Waals surface area contributed by atoms with Gasteiger partial charge in [0.1, 0.15) is 0 Å². The molecule has 0 spiro atoms. The SMILES string of the molecule is Nc1nccnc1N1CCN(CC2CC2)CC1. The van der Waals surface area contributed by atoms with Crippen molar-refractivity contribution in [1.29, 1.82) is 0 Å². The van der Waals surface area contributed by atoms with Crippen LogP contribution in [0.5, 0.6) is 0 Å². The summed E-state index contributed by atoms with van der Waals surface area (Å²) in [6, 6.07) is 0. The lowest BCUT2D eigenvalue weighted by atomic mass is 10.3. The summed E-state index contributed by atoms with van der Waals surface area (Å²) in [6.07, 6.45) is 6.21. The van der Waals surface area contributed by atoms with Crippen LogP contribution in [0.3, 0.4) is 0 Å². The molecular weight excluding hydrogens is 214 g/mol. The molecule has 1 aliphatic heterocycles. The van der Waals surface area contributed by atoms with E-state index in [2.05, 4.69) is 19.8 Å². The zero-order chi connectivity index (χ0) is 11.7. The van der Waals surface area contributed by atoms with Gasteiger partial charge >= 0.3 is 0 Å². The third-order valence-corrected chi connectivity index (χ3v) is 3.59. The summed E-state index contributed by atoms with van der Waals surface area (Å²) < 4.78 is 0. The highest BCUT2D eigenvalue weighted by Gasteiger charge is 2.27. The lowest BCUT2D eigenvalue weighted by Gasteiger charge is -2.35. The van der Waals surface area contributed by atoms with Crippen molar-refractivity contribution < 1.29 is 0 Å². The third kappa shape index (κ3) is 2.49. The molecule has 2 fully saturated rings. The second-order valence-corrected chi connectivity index (χ2v) is 5.00. The van der Waals surface area contributed by atoms with E-state index in [0.29, 0.717) is 5.82 Å². The van der Waals surface area contributed by atoms with Crippen LogP contribution in [-0.4, -0.2) is 47.6 Å². The first kappa shape index (κ1) is 10.8. The van der Waals surface area contributed by atoms with Gasteiger partial charge in [0.05, 0.1) is 0 Å². The fraction of sp³-hybridized carbons (Fsp3) is 0.667. The number of anilines is 2. The van der Waals surface area contributed by atoms with Crippen LogP contribution in [0, 0.1) is 5.92 Å². The Balaban J connectivity index is 1.58. The smallest absolute Gasteiger partial charge is 0.171 e. The molecule has 5 heteroatoms. The zero-order valence-electron chi connectivity index (χ0n) is 10.0. The molecule has 2 aliphatic rings. The molecule has 0 aromatic carbocycles. The molecule has 0 unspecified atom stereocenters. The van der Waals surface area contributed by atoms with Gasteiger partial charge in [0.2, 0.25) is 0 Å². The molecule has 92 valence electrons. The van der Waals surface area contributed by atoms with Crippen LogP contribution in [0.15, 0.2) is 12.4 Å². The monoisotopic (exact) mass is 233 g/mol. The van der Waals surface area contributed by atoms with Gasteiger partial charge in [-0.05, 0) is 18.8 Å². The lowest BCUT2D eigenvalue weighted by Crippen LogP contribution is -2.47. The average Bonchev–Trinajstić information content (AvgIpc) is 3.15. The Bertz CT molecular complexity index is 382. The molecule has 1 aromatic heterocycles. The maximum absolute atomic E-state index is 5.85. The van der Waals surface area contributed by atoms with E-state index in [1.165, 1.54) is 19.4 Å². The van der Waals surface area contributed by atoms with E-state index in [-0.39, 0.29) is 0 Å². The Hall–Kier alpha value is -1.36. The van der Waals surface area contributed by atoms with Crippen LogP contribution in [-0.2, 0) is 0 Å². The summed E-state index contributed by atoms with van der Waals surface area (Å²) in [5, 5.41) is 0. The number of hydrogen-bond acceptors (Lipinski definition) is 5. The van der Waals surface area contributed by atoms with E-state index in [1.807, 2.05) is 0 Å². The third-order valence-electron chi connectivity index (χ3n) is 3.59. The molecular formula is C12H19N5. The first-order chi connectivity index (χ1) is 8.33. The van der Waals surface area contributed by atoms with Crippen molar-refractivity contribution >= 4 is 11.6 Å². The molecule has 1 aromatic rings. The fourth-order valence-electron chi connectivity index (χ4n) is 2.39. The Labute approximate surface area is 102 Å². The predicted molar refractivity (Wildman–Crippen MR) is 67.8 cm³/mol. The summed E-state index contributed by atoms with van der Waals surface area (Å²) in [5.41, 5.74) is 5.85. The standard InChI is InChI=1S/C12H19N5/c13-11-12(15-4-3-14-11)17-7-5-16(6-8-17)9-10-1-2-10/h3-4,10H,1-2,5-9H2,(H2,13,14).